The van der Waals surface area contributed by atoms with Gasteiger partial charge in [-0.25, -0.2) is 5.01 Å². The van der Waals surface area contributed by atoms with E-state index < -0.39 is 5.97 Å². The number of benzene rings is 1. The molecule has 2 aromatic heterocycles. The van der Waals surface area contributed by atoms with E-state index in [9.17, 15) is 9.59 Å². The maximum atomic E-state index is 13.2. The van der Waals surface area contributed by atoms with Crippen molar-refractivity contribution in [2.45, 2.75) is 37.1 Å². The Hall–Kier alpha value is -3.04. The Bertz CT molecular complexity index is 1300. The van der Waals surface area contributed by atoms with Gasteiger partial charge in [0.1, 0.15) is 17.6 Å². The predicted molar refractivity (Wildman–Crippen MR) is 140 cm³/mol. The minimum Gasteiger partial charge on any atom is -0.467 e. The number of rotatable bonds is 7. The minimum absolute atomic E-state index is 0.00157. The lowest BCUT2D eigenvalue weighted by atomic mass is 9.79. The number of thioether (sulfide) groups is 1. The standard InChI is InChI=1S/C27H25BrN2O5S/c1-17-13-19(28)9-10-23(17)36-16-25(32)35-15-24(31)30-27(22-8-4-12-34-22)21-7-2-5-18(26(21)29-30)14-20-6-3-11-33-20/h3-4,6,8-14,21,27H,2,5,7,15-16H2,1H3. The van der Waals surface area contributed by atoms with E-state index in [4.69, 9.17) is 18.7 Å². The van der Waals surface area contributed by atoms with Crippen molar-refractivity contribution in [2.24, 2.45) is 11.0 Å². The number of hydrazone groups is 1. The van der Waals surface area contributed by atoms with E-state index in [1.165, 1.54) is 16.8 Å². The predicted octanol–water partition coefficient (Wildman–Crippen LogP) is 6.40. The molecule has 1 aliphatic carbocycles. The van der Waals surface area contributed by atoms with Crippen molar-refractivity contribution in [1.29, 1.82) is 0 Å². The zero-order valence-electron chi connectivity index (χ0n) is 19.7. The number of esters is 1. The van der Waals surface area contributed by atoms with Gasteiger partial charge in [-0.2, -0.15) is 5.10 Å². The molecule has 186 valence electrons. The molecule has 36 heavy (non-hydrogen) atoms. The number of allylic oxidation sites excluding steroid dienone is 1. The number of aryl methyl sites for hydroxylation is 1. The summed E-state index contributed by atoms with van der Waals surface area (Å²) in [6, 6.07) is 12.9. The van der Waals surface area contributed by atoms with E-state index in [2.05, 4.69) is 15.9 Å². The Morgan fingerprint density at radius 3 is 2.81 bits per heavy atom. The molecule has 0 radical (unpaired) electrons. The van der Waals surface area contributed by atoms with Crippen LogP contribution in [-0.2, 0) is 14.3 Å². The highest BCUT2D eigenvalue weighted by molar-refractivity contribution is 9.10. The van der Waals surface area contributed by atoms with Crippen LogP contribution >= 0.6 is 27.7 Å². The Morgan fingerprint density at radius 1 is 1.22 bits per heavy atom. The third-order valence-corrected chi connectivity index (χ3v) is 7.93. The number of hydrogen-bond acceptors (Lipinski definition) is 7. The molecule has 0 spiro atoms. The molecule has 0 N–H and O–H groups in total. The van der Waals surface area contributed by atoms with Crippen LogP contribution in [0.5, 0.6) is 0 Å². The Balaban J connectivity index is 1.28. The van der Waals surface area contributed by atoms with Crippen LogP contribution in [0, 0.1) is 12.8 Å². The summed E-state index contributed by atoms with van der Waals surface area (Å²) in [6.07, 6.45) is 7.92. The van der Waals surface area contributed by atoms with Gasteiger partial charge in [0.25, 0.3) is 5.91 Å². The van der Waals surface area contributed by atoms with Crippen LogP contribution in [0.1, 0.15) is 42.4 Å². The van der Waals surface area contributed by atoms with Crippen molar-refractivity contribution >= 4 is 51.4 Å². The molecule has 5 rings (SSSR count). The molecule has 3 heterocycles. The fourth-order valence-electron chi connectivity index (χ4n) is 4.65. The molecule has 1 amide bonds. The first-order chi connectivity index (χ1) is 17.5. The molecule has 1 fully saturated rings. The van der Waals surface area contributed by atoms with E-state index >= 15 is 0 Å². The lowest BCUT2D eigenvalue weighted by molar-refractivity contribution is -0.151. The van der Waals surface area contributed by atoms with Gasteiger partial charge in [-0.15, -0.1) is 11.8 Å². The Morgan fingerprint density at radius 2 is 2.06 bits per heavy atom. The summed E-state index contributed by atoms with van der Waals surface area (Å²) < 4.78 is 17.5. The monoisotopic (exact) mass is 568 g/mol. The van der Waals surface area contributed by atoms with Crippen LogP contribution in [0.25, 0.3) is 6.08 Å². The second kappa shape index (κ2) is 10.9. The Labute approximate surface area is 221 Å². The highest BCUT2D eigenvalue weighted by Crippen LogP contribution is 2.44. The third-order valence-electron chi connectivity index (χ3n) is 6.29. The summed E-state index contributed by atoms with van der Waals surface area (Å²) in [5, 5.41) is 6.16. The number of amides is 1. The van der Waals surface area contributed by atoms with E-state index in [-0.39, 0.29) is 30.2 Å². The van der Waals surface area contributed by atoms with E-state index in [0.29, 0.717) is 5.76 Å². The zero-order valence-corrected chi connectivity index (χ0v) is 22.1. The molecule has 2 unspecified atom stereocenters. The molecule has 1 aromatic carbocycles. The van der Waals surface area contributed by atoms with Crippen LogP contribution in [0.3, 0.4) is 0 Å². The first kappa shape index (κ1) is 24.6. The van der Waals surface area contributed by atoms with E-state index in [1.54, 1.807) is 18.6 Å². The fourth-order valence-corrected chi connectivity index (χ4v) is 5.93. The average molecular weight is 569 g/mol. The first-order valence-corrected chi connectivity index (χ1v) is 13.5. The van der Waals surface area contributed by atoms with Crippen molar-refractivity contribution in [3.05, 3.63) is 82.1 Å². The molecule has 2 aliphatic rings. The first-order valence-electron chi connectivity index (χ1n) is 11.7. The maximum absolute atomic E-state index is 13.2. The molecule has 9 heteroatoms. The van der Waals surface area contributed by atoms with Gasteiger partial charge in [-0.3, -0.25) is 9.59 Å². The molecule has 1 aliphatic heterocycles. The third kappa shape index (κ3) is 5.37. The molecule has 0 saturated heterocycles. The average Bonchev–Trinajstić information content (AvgIpc) is 3.63. The number of ether oxygens (including phenoxy) is 1. The molecular formula is C27H25BrN2O5S. The van der Waals surface area contributed by atoms with Gasteiger partial charge in [-0.1, -0.05) is 15.9 Å². The van der Waals surface area contributed by atoms with Crippen LogP contribution in [-0.4, -0.2) is 35.0 Å². The number of halogens is 1. The number of carbonyl (C=O) groups excluding carboxylic acids is 2. The summed E-state index contributed by atoms with van der Waals surface area (Å²) in [5.41, 5.74) is 2.97. The second-order valence-corrected chi connectivity index (χ2v) is 10.7. The van der Waals surface area contributed by atoms with Gasteiger partial charge in [0.15, 0.2) is 6.61 Å². The van der Waals surface area contributed by atoms with Crippen molar-refractivity contribution in [1.82, 2.24) is 5.01 Å². The maximum Gasteiger partial charge on any atom is 0.316 e. The van der Waals surface area contributed by atoms with Crippen molar-refractivity contribution in [3.63, 3.8) is 0 Å². The molecule has 3 aromatic rings. The second-order valence-electron chi connectivity index (χ2n) is 8.73. The highest BCUT2D eigenvalue weighted by Gasteiger charge is 2.45. The van der Waals surface area contributed by atoms with Crippen LogP contribution < -0.4 is 0 Å². The summed E-state index contributed by atoms with van der Waals surface area (Å²) >= 11 is 4.83. The molecule has 1 saturated carbocycles. The largest absolute Gasteiger partial charge is 0.467 e. The van der Waals surface area contributed by atoms with Crippen LogP contribution in [0.2, 0.25) is 0 Å². The molecular weight excluding hydrogens is 544 g/mol. The van der Waals surface area contributed by atoms with Crippen LogP contribution in [0.15, 0.2) is 83.9 Å². The number of carbonyl (C=O) groups is 2. The smallest absolute Gasteiger partial charge is 0.316 e. The summed E-state index contributed by atoms with van der Waals surface area (Å²) in [5.74, 6) is 0.701. The normalized spacial score (nSPS) is 20.3. The number of furan rings is 2. The van der Waals surface area contributed by atoms with Gasteiger partial charge < -0.3 is 13.6 Å². The number of nitrogens with zero attached hydrogens (tertiary/aromatic N) is 2. The lowest BCUT2D eigenvalue weighted by Crippen LogP contribution is -2.34. The summed E-state index contributed by atoms with van der Waals surface area (Å²) in [7, 11) is 0. The van der Waals surface area contributed by atoms with Gasteiger partial charge in [0.05, 0.1) is 24.0 Å². The van der Waals surface area contributed by atoms with Gasteiger partial charge in [-0.05, 0) is 85.9 Å². The van der Waals surface area contributed by atoms with Gasteiger partial charge in [0, 0.05) is 15.3 Å². The topological polar surface area (TPSA) is 85.3 Å². The number of fused-ring (bicyclic) bond motifs is 1. The quantitative estimate of drug-likeness (QED) is 0.242. The highest BCUT2D eigenvalue weighted by atomic mass is 79.9. The van der Waals surface area contributed by atoms with Gasteiger partial charge in [0.2, 0.25) is 0 Å². The minimum atomic E-state index is -0.451. The summed E-state index contributed by atoms with van der Waals surface area (Å²) in [6.45, 7) is 1.61. The van der Waals surface area contributed by atoms with E-state index in [0.717, 1.165) is 51.2 Å². The zero-order chi connectivity index (χ0) is 25.1. The lowest BCUT2D eigenvalue weighted by Gasteiger charge is -2.27. The summed E-state index contributed by atoms with van der Waals surface area (Å²) in [4.78, 5) is 26.6. The molecule has 7 nitrogen and oxygen atoms in total. The SMILES string of the molecule is Cc1cc(Br)ccc1SCC(=O)OCC(=O)N1N=C2C(=Cc3ccco3)CCCC2C1c1ccco1. The number of hydrogen-bond donors (Lipinski definition) is 0. The Kier molecular flexibility index (Phi) is 7.48. The van der Waals surface area contributed by atoms with E-state index in [1.807, 2.05) is 49.4 Å². The molecule has 2 atom stereocenters. The van der Waals surface area contributed by atoms with Crippen molar-refractivity contribution < 1.29 is 23.2 Å². The van der Waals surface area contributed by atoms with Crippen molar-refractivity contribution in [2.75, 3.05) is 12.4 Å². The fraction of sp³-hybridized carbons (Fsp3) is 0.296. The van der Waals surface area contributed by atoms with Crippen LogP contribution in [0.4, 0.5) is 0 Å². The van der Waals surface area contributed by atoms with Gasteiger partial charge >= 0.3 is 5.97 Å². The van der Waals surface area contributed by atoms with Crippen molar-refractivity contribution in [3.8, 4) is 0 Å². The molecule has 0 bridgehead atoms.